The number of aromatic amines is 1. The van der Waals surface area contributed by atoms with Gasteiger partial charge in [-0.15, -0.1) is 5.11 Å². The molecule has 1 heterocycles. The highest BCUT2D eigenvalue weighted by atomic mass is 16.6. The first-order valence-corrected chi connectivity index (χ1v) is 4.83. The number of rotatable bonds is 3. The molecule has 18 heavy (non-hydrogen) atoms. The average Bonchev–Trinajstić information content (AvgIpc) is 2.67. The molecule has 0 aliphatic carbocycles. The molecule has 0 aliphatic rings. The molecule has 0 saturated carbocycles. The molecule has 1 aromatic heterocycles. The number of nitrogens with one attached hydrogen (secondary N) is 1. The van der Waals surface area contributed by atoms with Crippen LogP contribution in [0.5, 0.6) is 0 Å². The lowest BCUT2D eigenvalue weighted by Gasteiger charge is -1.93. The van der Waals surface area contributed by atoms with Gasteiger partial charge in [-0.25, -0.2) is 0 Å². The van der Waals surface area contributed by atoms with Crippen LogP contribution in [0.1, 0.15) is 0 Å². The van der Waals surface area contributed by atoms with Crippen LogP contribution >= 0.6 is 0 Å². The zero-order chi connectivity index (χ0) is 13.1. The van der Waals surface area contributed by atoms with Crippen molar-refractivity contribution in [2.45, 2.75) is 0 Å². The van der Waals surface area contributed by atoms with E-state index in [0.717, 1.165) is 0 Å². The maximum Gasteiger partial charge on any atom is 0.269 e. The van der Waals surface area contributed by atoms with E-state index in [1.165, 1.54) is 24.3 Å². The number of nitro groups is 1. The second-order valence-corrected chi connectivity index (χ2v) is 3.34. The maximum absolute atomic E-state index is 10.5. The number of non-ortho nitro benzene ring substituents is 1. The van der Waals surface area contributed by atoms with Crippen LogP contribution in [0.2, 0.25) is 0 Å². The number of nitrogen functional groups attached to an aromatic ring is 2. The van der Waals surface area contributed by atoms with E-state index in [-0.39, 0.29) is 23.0 Å². The minimum atomic E-state index is -0.493. The van der Waals surface area contributed by atoms with E-state index >= 15 is 0 Å². The minimum Gasteiger partial charge on any atom is -0.382 e. The highest BCUT2D eigenvalue weighted by Crippen LogP contribution is 2.28. The summed E-state index contributed by atoms with van der Waals surface area (Å²) in [4.78, 5) is 9.96. The van der Waals surface area contributed by atoms with E-state index in [4.69, 9.17) is 11.5 Å². The quantitative estimate of drug-likeness (QED) is 0.430. The van der Waals surface area contributed by atoms with E-state index in [1.54, 1.807) is 0 Å². The summed E-state index contributed by atoms with van der Waals surface area (Å²) in [5.74, 6) is 0.344. The van der Waals surface area contributed by atoms with Gasteiger partial charge in [-0.05, 0) is 12.1 Å². The average molecular weight is 247 g/mol. The molecule has 2 rings (SSSR count). The number of H-pyrrole nitrogens is 1. The first-order valence-electron chi connectivity index (χ1n) is 4.83. The fourth-order valence-electron chi connectivity index (χ4n) is 1.22. The van der Waals surface area contributed by atoms with E-state index in [1.807, 2.05) is 0 Å². The van der Waals surface area contributed by atoms with Gasteiger partial charge in [-0.1, -0.05) is 0 Å². The van der Waals surface area contributed by atoms with Gasteiger partial charge < -0.3 is 11.5 Å². The topological polar surface area (TPSA) is 149 Å². The molecule has 0 aliphatic heterocycles. The van der Waals surface area contributed by atoms with Gasteiger partial charge in [-0.3, -0.25) is 15.2 Å². The Labute approximate surface area is 101 Å². The third-order valence-corrected chi connectivity index (χ3v) is 2.12. The number of anilines is 2. The van der Waals surface area contributed by atoms with E-state index in [2.05, 4.69) is 20.4 Å². The number of aromatic nitrogens is 2. The molecule has 0 unspecified atom stereocenters. The molecule has 5 N–H and O–H groups in total. The molecule has 1 aromatic carbocycles. The van der Waals surface area contributed by atoms with Crippen LogP contribution in [0.15, 0.2) is 34.5 Å². The molecule has 0 saturated heterocycles. The number of nitro benzene ring substituents is 1. The number of benzene rings is 1. The van der Waals surface area contributed by atoms with Gasteiger partial charge in [0.15, 0.2) is 11.5 Å². The van der Waals surface area contributed by atoms with Crippen molar-refractivity contribution in [3.8, 4) is 0 Å². The van der Waals surface area contributed by atoms with Crippen LogP contribution in [0.4, 0.5) is 28.7 Å². The lowest BCUT2D eigenvalue weighted by molar-refractivity contribution is -0.384. The van der Waals surface area contributed by atoms with Crippen molar-refractivity contribution in [3.05, 3.63) is 34.4 Å². The van der Waals surface area contributed by atoms with Crippen molar-refractivity contribution in [3.63, 3.8) is 0 Å². The molecule has 9 nitrogen and oxygen atoms in total. The Morgan fingerprint density at radius 3 is 2.39 bits per heavy atom. The van der Waals surface area contributed by atoms with Crippen LogP contribution in [0, 0.1) is 10.1 Å². The molecule has 2 aromatic rings. The lowest BCUT2D eigenvalue weighted by Crippen LogP contribution is -1.85. The monoisotopic (exact) mass is 247 g/mol. The van der Waals surface area contributed by atoms with Crippen molar-refractivity contribution < 1.29 is 4.92 Å². The smallest absolute Gasteiger partial charge is 0.269 e. The molecule has 0 spiro atoms. The Morgan fingerprint density at radius 1 is 1.22 bits per heavy atom. The summed E-state index contributed by atoms with van der Waals surface area (Å²) in [6.45, 7) is 0. The van der Waals surface area contributed by atoms with E-state index in [0.29, 0.717) is 5.69 Å². The normalized spacial score (nSPS) is 10.9. The van der Waals surface area contributed by atoms with Gasteiger partial charge in [-0.2, -0.15) is 10.2 Å². The number of nitrogens with zero attached hydrogens (tertiary/aromatic N) is 4. The predicted octanol–water partition coefficient (Wildman–Crippen LogP) is 1.90. The van der Waals surface area contributed by atoms with Gasteiger partial charge in [0.1, 0.15) is 5.82 Å². The van der Waals surface area contributed by atoms with Crippen molar-refractivity contribution in [2.24, 2.45) is 10.2 Å². The summed E-state index contributed by atoms with van der Waals surface area (Å²) in [6, 6.07) is 5.59. The van der Waals surface area contributed by atoms with Crippen molar-refractivity contribution in [1.82, 2.24) is 10.2 Å². The molecular formula is C9H9N7O2. The third-order valence-electron chi connectivity index (χ3n) is 2.12. The molecule has 0 amide bonds. The second-order valence-electron chi connectivity index (χ2n) is 3.34. The summed E-state index contributed by atoms with van der Waals surface area (Å²) < 4.78 is 0. The van der Waals surface area contributed by atoms with Gasteiger partial charge in [0, 0.05) is 12.1 Å². The Balaban J connectivity index is 2.21. The molecule has 0 atom stereocenters. The van der Waals surface area contributed by atoms with Crippen LogP contribution in [0.3, 0.4) is 0 Å². The highest BCUT2D eigenvalue weighted by Gasteiger charge is 2.07. The van der Waals surface area contributed by atoms with Gasteiger partial charge >= 0.3 is 0 Å². The molecule has 0 bridgehead atoms. The fraction of sp³-hybridized carbons (Fsp3) is 0. The van der Waals surface area contributed by atoms with Crippen LogP contribution in [-0.2, 0) is 0 Å². The highest BCUT2D eigenvalue weighted by molar-refractivity contribution is 5.70. The molecule has 9 heteroatoms. The molecule has 0 fully saturated rings. The minimum absolute atomic E-state index is 0.0173. The van der Waals surface area contributed by atoms with Crippen molar-refractivity contribution >= 4 is 28.7 Å². The summed E-state index contributed by atoms with van der Waals surface area (Å²) in [5, 5.41) is 24.2. The standard InChI is InChI=1S/C9H9N7O2/c10-8-7(9(11)15-14-8)13-12-5-1-3-6(4-2-5)16(17)18/h1-4H,(H5,10,11,14,15). The largest absolute Gasteiger partial charge is 0.382 e. The predicted molar refractivity (Wildman–Crippen MR) is 64.7 cm³/mol. The first-order chi connectivity index (χ1) is 8.58. The zero-order valence-electron chi connectivity index (χ0n) is 9.07. The summed E-state index contributed by atoms with van der Waals surface area (Å²) >= 11 is 0. The Kier molecular flexibility index (Phi) is 2.87. The second kappa shape index (κ2) is 4.49. The maximum atomic E-state index is 10.5. The van der Waals surface area contributed by atoms with Gasteiger partial charge in [0.2, 0.25) is 0 Å². The van der Waals surface area contributed by atoms with Crippen LogP contribution in [-0.4, -0.2) is 15.1 Å². The van der Waals surface area contributed by atoms with Crippen molar-refractivity contribution in [2.75, 3.05) is 11.5 Å². The SMILES string of the molecule is Nc1n[nH]c(N)c1N=Nc1ccc([N+](=O)[O-])cc1. The summed E-state index contributed by atoms with van der Waals surface area (Å²) in [7, 11) is 0. The Bertz CT molecular complexity index is 582. The molecule has 0 radical (unpaired) electrons. The first kappa shape index (κ1) is 11.5. The molecule has 92 valence electrons. The summed E-state index contributed by atoms with van der Waals surface area (Å²) in [5.41, 5.74) is 11.7. The summed E-state index contributed by atoms with van der Waals surface area (Å²) in [6.07, 6.45) is 0. The lowest BCUT2D eigenvalue weighted by atomic mass is 10.3. The fourth-order valence-corrected chi connectivity index (χ4v) is 1.22. The van der Waals surface area contributed by atoms with E-state index < -0.39 is 4.92 Å². The van der Waals surface area contributed by atoms with Crippen LogP contribution < -0.4 is 11.5 Å². The third kappa shape index (κ3) is 2.24. The number of nitrogens with two attached hydrogens (primary N) is 2. The van der Waals surface area contributed by atoms with E-state index in [9.17, 15) is 10.1 Å². The Hall–Kier alpha value is -2.97. The van der Waals surface area contributed by atoms with Crippen molar-refractivity contribution in [1.29, 1.82) is 0 Å². The number of azo groups is 1. The number of hydrogen-bond acceptors (Lipinski definition) is 7. The van der Waals surface area contributed by atoms with Gasteiger partial charge in [0.05, 0.1) is 10.6 Å². The molecular weight excluding hydrogens is 238 g/mol. The Morgan fingerprint density at radius 2 is 1.89 bits per heavy atom. The number of hydrogen-bond donors (Lipinski definition) is 3. The van der Waals surface area contributed by atoms with Gasteiger partial charge in [0.25, 0.3) is 5.69 Å². The zero-order valence-corrected chi connectivity index (χ0v) is 9.07. The van der Waals surface area contributed by atoms with Crippen LogP contribution in [0.25, 0.3) is 0 Å².